The van der Waals surface area contributed by atoms with Crippen molar-refractivity contribution in [2.45, 2.75) is 51.1 Å². The zero-order chi connectivity index (χ0) is 17.8. The third kappa shape index (κ3) is 2.27. The molecule has 25 heavy (non-hydrogen) atoms. The van der Waals surface area contributed by atoms with Crippen molar-refractivity contribution in [1.82, 2.24) is 14.5 Å². The summed E-state index contributed by atoms with van der Waals surface area (Å²) in [4.78, 5) is 25.3. The maximum absolute atomic E-state index is 13.2. The van der Waals surface area contributed by atoms with Crippen molar-refractivity contribution in [1.29, 1.82) is 5.41 Å². The van der Waals surface area contributed by atoms with Crippen molar-refractivity contribution in [3.63, 3.8) is 0 Å². The van der Waals surface area contributed by atoms with E-state index in [1.54, 1.807) is 12.1 Å². The van der Waals surface area contributed by atoms with Gasteiger partial charge in [0.15, 0.2) is 0 Å². The van der Waals surface area contributed by atoms with Gasteiger partial charge in [-0.15, -0.1) is 0 Å². The van der Waals surface area contributed by atoms with Crippen molar-refractivity contribution in [2.24, 2.45) is 0 Å². The Balaban J connectivity index is 1.93. The summed E-state index contributed by atoms with van der Waals surface area (Å²) in [5.74, 6) is 0.148. The van der Waals surface area contributed by atoms with Gasteiger partial charge in [0, 0.05) is 29.6 Å². The average molecular weight is 338 g/mol. The topological polar surface area (TPSA) is 79.9 Å². The van der Waals surface area contributed by atoms with E-state index in [0.717, 1.165) is 24.1 Å². The summed E-state index contributed by atoms with van der Waals surface area (Å²) in [6.45, 7) is 3.65. The van der Waals surface area contributed by atoms with Crippen molar-refractivity contribution < 1.29 is 4.79 Å². The fourth-order valence-electron chi connectivity index (χ4n) is 4.26. The van der Waals surface area contributed by atoms with Crippen LogP contribution in [0.15, 0.2) is 29.2 Å². The molecular weight excluding hydrogens is 316 g/mol. The van der Waals surface area contributed by atoms with Gasteiger partial charge in [-0.1, -0.05) is 12.8 Å². The molecule has 0 unspecified atom stereocenters. The number of hydrogen-bond acceptors (Lipinski definition) is 3. The van der Waals surface area contributed by atoms with E-state index in [2.05, 4.69) is 5.32 Å². The minimum atomic E-state index is -0.745. The van der Waals surface area contributed by atoms with Crippen LogP contribution < -0.4 is 10.9 Å². The monoisotopic (exact) mass is 338 g/mol. The van der Waals surface area contributed by atoms with Crippen LogP contribution in [0.1, 0.15) is 67.2 Å². The Labute approximate surface area is 146 Å². The lowest BCUT2D eigenvalue weighted by atomic mass is 10.0. The maximum Gasteiger partial charge on any atom is 0.277 e. The third-order valence-corrected chi connectivity index (χ3v) is 5.39. The van der Waals surface area contributed by atoms with Gasteiger partial charge >= 0.3 is 0 Å². The summed E-state index contributed by atoms with van der Waals surface area (Å²) in [5, 5.41) is 10.6. The van der Waals surface area contributed by atoms with Gasteiger partial charge in [-0.25, -0.2) is 0 Å². The van der Waals surface area contributed by atoms with Crippen LogP contribution in [0.25, 0.3) is 5.69 Å². The number of carbonyl (C=O) groups excluding carboxylic acids is 1. The first-order chi connectivity index (χ1) is 11.9. The first-order valence-electron chi connectivity index (χ1n) is 8.75. The summed E-state index contributed by atoms with van der Waals surface area (Å²) in [5.41, 5.74) is 1.89. The predicted octanol–water partition coefficient (Wildman–Crippen LogP) is 2.73. The molecule has 1 aliphatic heterocycles. The zero-order valence-corrected chi connectivity index (χ0v) is 14.5. The Bertz CT molecular complexity index is 929. The number of fused-ring (bicyclic) bond motifs is 1. The van der Waals surface area contributed by atoms with Crippen LogP contribution in [0.3, 0.4) is 0 Å². The van der Waals surface area contributed by atoms with E-state index in [-0.39, 0.29) is 11.5 Å². The van der Waals surface area contributed by atoms with Gasteiger partial charge in [0.1, 0.15) is 17.0 Å². The van der Waals surface area contributed by atoms with E-state index in [9.17, 15) is 9.59 Å². The fraction of sp³-hybridized carbons (Fsp3) is 0.421. The largest absolute Gasteiger partial charge is 0.328 e. The average Bonchev–Trinajstić information content (AvgIpc) is 3.26. The molecule has 0 spiro atoms. The molecular formula is C19H22N4O2. The van der Waals surface area contributed by atoms with Gasteiger partial charge in [-0.2, -0.15) is 0 Å². The van der Waals surface area contributed by atoms with E-state index in [1.807, 2.05) is 30.7 Å². The maximum atomic E-state index is 13.2. The molecule has 0 saturated heterocycles. The number of rotatable bonds is 3. The second-order valence-corrected chi connectivity index (χ2v) is 7.41. The molecule has 1 saturated carbocycles. The molecule has 2 aromatic rings. The van der Waals surface area contributed by atoms with Gasteiger partial charge in [0.05, 0.1) is 0 Å². The summed E-state index contributed by atoms with van der Waals surface area (Å²) in [6, 6.07) is 5.33. The Hall–Kier alpha value is -2.63. The molecule has 130 valence electrons. The molecule has 2 aliphatic rings. The lowest BCUT2D eigenvalue weighted by Crippen LogP contribution is -2.42. The quantitative estimate of drug-likeness (QED) is 0.844. The van der Waals surface area contributed by atoms with Crippen molar-refractivity contribution in [3.8, 4) is 5.69 Å². The Morgan fingerprint density at radius 1 is 1.20 bits per heavy atom. The molecule has 0 bridgehead atoms. The molecule has 1 fully saturated rings. The van der Waals surface area contributed by atoms with Crippen LogP contribution in [-0.2, 0) is 5.66 Å². The molecule has 2 aromatic heterocycles. The minimum absolute atomic E-state index is 0.188. The molecule has 2 N–H and O–H groups in total. The standard InChI is InChI=1S/C19H22N4O2/c1-19(2)21-17(24)14-7-8-15(18(25)23(14)19)22-10-9-13(11-20)16(22)12-5-3-4-6-12/h7-12,20H,3-6H2,1-2H3,(H,21,24). The van der Waals surface area contributed by atoms with Gasteiger partial charge in [-0.3, -0.25) is 14.2 Å². The Morgan fingerprint density at radius 3 is 2.60 bits per heavy atom. The number of carbonyl (C=O) groups is 1. The van der Waals surface area contributed by atoms with Crippen LogP contribution in [0.4, 0.5) is 0 Å². The molecule has 4 rings (SSSR count). The normalized spacial score (nSPS) is 19.0. The lowest BCUT2D eigenvalue weighted by molar-refractivity contribution is 0.0935. The first kappa shape index (κ1) is 15.9. The Kier molecular flexibility index (Phi) is 3.45. The predicted molar refractivity (Wildman–Crippen MR) is 95.9 cm³/mol. The van der Waals surface area contributed by atoms with Crippen molar-refractivity contribution in [2.75, 3.05) is 0 Å². The summed E-state index contributed by atoms with van der Waals surface area (Å²) in [7, 11) is 0. The van der Waals surface area contributed by atoms with Gasteiger partial charge in [0.25, 0.3) is 11.5 Å². The molecule has 6 nitrogen and oxygen atoms in total. The van der Waals surface area contributed by atoms with Gasteiger partial charge in [-0.05, 0) is 44.9 Å². The van der Waals surface area contributed by atoms with Crippen LogP contribution in [0.5, 0.6) is 0 Å². The number of aromatic nitrogens is 2. The van der Waals surface area contributed by atoms with Gasteiger partial charge < -0.3 is 15.3 Å². The van der Waals surface area contributed by atoms with E-state index in [1.165, 1.54) is 23.6 Å². The number of hydrogen-bond donors (Lipinski definition) is 2. The number of pyridine rings is 1. The van der Waals surface area contributed by atoms with E-state index in [0.29, 0.717) is 17.3 Å². The molecule has 6 heteroatoms. The highest BCUT2D eigenvalue weighted by molar-refractivity contribution is 5.95. The van der Waals surface area contributed by atoms with E-state index >= 15 is 0 Å². The summed E-state index contributed by atoms with van der Waals surface area (Å²) >= 11 is 0. The SMILES string of the molecule is CC1(C)NC(=O)c2ccc(-n3ccc(C=N)c3C3CCCC3)c(=O)n21. The molecule has 0 aromatic carbocycles. The van der Waals surface area contributed by atoms with Crippen LogP contribution >= 0.6 is 0 Å². The second-order valence-electron chi connectivity index (χ2n) is 7.41. The molecule has 0 radical (unpaired) electrons. The van der Waals surface area contributed by atoms with E-state index in [4.69, 9.17) is 5.41 Å². The first-order valence-corrected chi connectivity index (χ1v) is 8.75. The molecule has 1 amide bonds. The van der Waals surface area contributed by atoms with Crippen molar-refractivity contribution in [3.05, 3.63) is 51.7 Å². The number of nitrogens with zero attached hydrogens (tertiary/aromatic N) is 2. The molecule has 0 atom stereocenters. The smallest absolute Gasteiger partial charge is 0.277 e. The van der Waals surface area contributed by atoms with Crippen molar-refractivity contribution >= 4 is 12.1 Å². The summed E-state index contributed by atoms with van der Waals surface area (Å²) in [6.07, 6.45) is 7.77. The minimum Gasteiger partial charge on any atom is -0.328 e. The number of nitrogens with one attached hydrogen (secondary N) is 2. The third-order valence-electron chi connectivity index (χ3n) is 5.39. The van der Waals surface area contributed by atoms with Crippen LogP contribution in [0, 0.1) is 5.41 Å². The molecule has 1 aliphatic carbocycles. The highest BCUT2D eigenvalue weighted by Gasteiger charge is 2.36. The highest BCUT2D eigenvalue weighted by Crippen LogP contribution is 2.37. The Morgan fingerprint density at radius 2 is 1.92 bits per heavy atom. The molecule has 3 heterocycles. The highest BCUT2D eigenvalue weighted by atomic mass is 16.2. The van der Waals surface area contributed by atoms with E-state index < -0.39 is 5.66 Å². The van der Waals surface area contributed by atoms with Gasteiger partial charge in [0.2, 0.25) is 0 Å². The van der Waals surface area contributed by atoms with Crippen LogP contribution in [0.2, 0.25) is 0 Å². The fourth-order valence-corrected chi connectivity index (χ4v) is 4.26. The zero-order valence-electron chi connectivity index (χ0n) is 14.5. The lowest BCUT2D eigenvalue weighted by Gasteiger charge is -2.22. The van der Waals surface area contributed by atoms with Crippen LogP contribution in [-0.4, -0.2) is 21.3 Å². The number of amides is 1. The summed E-state index contributed by atoms with van der Waals surface area (Å²) < 4.78 is 3.46. The second kappa shape index (κ2) is 5.44.